The van der Waals surface area contributed by atoms with Crippen molar-refractivity contribution in [2.75, 3.05) is 13.2 Å². The number of carbonyl (C=O) groups is 2. The van der Waals surface area contributed by atoms with Gasteiger partial charge in [-0.2, -0.15) is 0 Å². The van der Waals surface area contributed by atoms with Crippen molar-refractivity contribution in [1.82, 2.24) is 0 Å². The summed E-state index contributed by atoms with van der Waals surface area (Å²) in [6.45, 7) is 5.97. The summed E-state index contributed by atoms with van der Waals surface area (Å²) in [5, 5.41) is 0. The van der Waals surface area contributed by atoms with Gasteiger partial charge in [0, 0.05) is 6.07 Å². The first-order valence-corrected chi connectivity index (χ1v) is 19.5. The fourth-order valence-electron chi connectivity index (χ4n) is 7.44. The second-order valence-corrected chi connectivity index (χ2v) is 14.4. The third-order valence-corrected chi connectivity index (χ3v) is 10.6. The maximum absolute atomic E-state index is 13.1. The summed E-state index contributed by atoms with van der Waals surface area (Å²) in [6, 6.07) is 23.9. The summed E-state index contributed by atoms with van der Waals surface area (Å²) in [5.41, 5.74) is 2.62. The van der Waals surface area contributed by atoms with E-state index in [-0.39, 0.29) is 23.8 Å². The van der Waals surface area contributed by atoms with Crippen molar-refractivity contribution >= 4 is 11.9 Å². The molecule has 0 radical (unpaired) electrons. The lowest BCUT2D eigenvalue weighted by Gasteiger charge is -2.28. The maximum atomic E-state index is 13.1. The van der Waals surface area contributed by atoms with E-state index in [1.807, 2.05) is 0 Å². The standard InChI is InChI=1S/C44H58O6/c1-3-5-7-9-30-47-39-26-22-35(23-27-39)33-14-18-37(19-15-33)43(45)49-41-12-11-13-42(32-41)50-44(46)38-20-16-34(17-21-38)36-24-28-40(29-25-36)48-31-10-8-6-4-2/h11-13,22-29,32-34,37-38H,3-10,14-21,30-31H2,1-2H3. The van der Waals surface area contributed by atoms with Crippen molar-refractivity contribution in [2.45, 2.75) is 128 Å². The smallest absolute Gasteiger partial charge is 0.314 e. The second-order valence-electron chi connectivity index (χ2n) is 14.4. The Morgan fingerprint density at radius 3 is 1.28 bits per heavy atom. The van der Waals surface area contributed by atoms with Gasteiger partial charge in [0.1, 0.15) is 23.0 Å². The highest BCUT2D eigenvalue weighted by Crippen LogP contribution is 2.39. The summed E-state index contributed by atoms with van der Waals surface area (Å²) >= 11 is 0. The summed E-state index contributed by atoms with van der Waals surface area (Å²) < 4.78 is 23.4. The number of esters is 2. The van der Waals surface area contributed by atoms with Crippen LogP contribution in [0.25, 0.3) is 0 Å². The van der Waals surface area contributed by atoms with Crippen LogP contribution in [0.1, 0.15) is 140 Å². The molecule has 6 heteroatoms. The van der Waals surface area contributed by atoms with E-state index in [1.165, 1.54) is 49.7 Å². The van der Waals surface area contributed by atoms with Crippen LogP contribution in [0.2, 0.25) is 0 Å². The van der Waals surface area contributed by atoms with Gasteiger partial charge in [-0.05, 0) is 124 Å². The van der Waals surface area contributed by atoms with Crippen LogP contribution < -0.4 is 18.9 Å². The monoisotopic (exact) mass is 682 g/mol. The molecule has 2 aliphatic carbocycles. The number of hydrogen-bond acceptors (Lipinski definition) is 6. The van der Waals surface area contributed by atoms with E-state index in [9.17, 15) is 9.59 Å². The number of hydrogen-bond donors (Lipinski definition) is 0. The van der Waals surface area contributed by atoms with Gasteiger partial charge in [-0.1, -0.05) is 82.7 Å². The van der Waals surface area contributed by atoms with Gasteiger partial charge in [-0.3, -0.25) is 9.59 Å². The lowest BCUT2D eigenvalue weighted by molar-refractivity contribution is -0.140. The van der Waals surface area contributed by atoms with E-state index in [2.05, 4.69) is 62.4 Å². The number of rotatable bonds is 18. The fourth-order valence-corrected chi connectivity index (χ4v) is 7.44. The summed E-state index contributed by atoms with van der Waals surface area (Å²) in [6.07, 6.45) is 16.6. The first kappa shape index (κ1) is 37.5. The van der Waals surface area contributed by atoms with E-state index in [4.69, 9.17) is 18.9 Å². The number of carbonyl (C=O) groups excluding carboxylic acids is 2. The van der Waals surface area contributed by atoms with E-state index in [0.717, 1.165) is 88.9 Å². The molecule has 0 amide bonds. The summed E-state index contributed by atoms with van der Waals surface area (Å²) in [4.78, 5) is 26.2. The Morgan fingerprint density at radius 2 is 0.900 bits per heavy atom. The molecule has 0 heterocycles. The van der Waals surface area contributed by atoms with Crippen LogP contribution in [0, 0.1) is 11.8 Å². The summed E-state index contributed by atoms with van der Waals surface area (Å²) in [5.74, 6) is 2.93. The largest absolute Gasteiger partial charge is 0.494 e. The van der Waals surface area contributed by atoms with Gasteiger partial charge >= 0.3 is 11.9 Å². The number of ether oxygens (including phenoxy) is 4. The van der Waals surface area contributed by atoms with Gasteiger partial charge in [0.25, 0.3) is 0 Å². The zero-order chi connectivity index (χ0) is 35.0. The van der Waals surface area contributed by atoms with Crippen molar-refractivity contribution < 1.29 is 28.5 Å². The average Bonchev–Trinajstić information content (AvgIpc) is 3.15. The minimum absolute atomic E-state index is 0.127. The van der Waals surface area contributed by atoms with Crippen molar-refractivity contribution in [3.63, 3.8) is 0 Å². The Labute approximate surface area is 300 Å². The predicted molar refractivity (Wildman–Crippen MR) is 199 cm³/mol. The Hall–Kier alpha value is -3.80. The molecule has 5 rings (SSSR count). The van der Waals surface area contributed by atoms with Crippen LogP contribution in [0.3, 0.4) is 0 Å². The molecule has 0 saturated heterocycles. The zero-order valence-electron chi connectivity index (χ0n) is 30.4. The minimum Gasteiger partial charge on any atom is -0.494 e. The van der Waals surface area contributed by atoms with Crippen LogP contribution >= 0.6 is 0 Å². The van der Waals surface area contributed by atoms with Crippen LogP contribution in [-0.2, 0) is 9.59 Å². The van der Waals surface area contributed by atoms with Crippen molar-refractivity contribution in [3.05, 3.63) is 83.9 Å². The van der Waals surface area contributed by atoms with Gasteiger partial charge in [0.05, 0.1) is 25.0 Å². The zero-order valence-corrected chi connectivity index (χ0v) is 30.4. The molecule has 50 heavy (non-hydrogen) atoms. The summed E-state index contributed by atoms with van der Waals surface area (Å²) in [7, 11) is 0. The number of benzene rings is 3. The van der Waals surface area contributed by atoms with E-state index >= 15 is 0 Å². The van der Waals surface area contributed by atoms with E-state index in [0.29, 0.717) is 23.3 Å². The molecule has 0 aromatic heterocycles. The molecule has 0 aliphatic heterocycles. The predicted octanol–water partition coefficient (Wildman–Crippen LogP) is 11.4. The molecule has 6 nitrogen and oxygen atoms in total. The van der Waals surface area contributed by atoms with Gasteiger partial charge in [-0.25, -0.2) is 0 Å². The Balaban J connectivity index is 1.01. The fraction of sp³-hybridized carbons (Fsp3) is 0.545. The highest BCUT2D eigenvalue weighted by atomic mass is 16.5. The Morgan fingerprint density at radius 1 is 0.500 bits per heavy atom. The first-order chi connectivity index (χ1) is 24.5. The third kappa shape index (κ3) is 11.6. The van der Waals surface area contributed by atoms with Gasteiger partial charge in [0.2, 0.25) is 0 Å². The number of unbranched alkanes of at least 4 members (excludes halogenated alkanes) is 6. The van der Waals surface area contributed by atoms with Gasteiger partial charge in [-0.15, -0.1) is 0 Å². The van der Waals surface area contributed by atoms with Crippen LogP contribution in [0.4, 0.5) is 0 Å². The molecule has 2 aliphatic rings. The van der Waals surface area contributed by atoms with Crippen LogP contribution in [-0.4, -0.2) is 25.2 Å². The Bertz CT molecular complexity index is 1330. The molecule has 0 atom stereocenters. The molecular formula is C44H58O6. The molecule has 0 unspecified atom stereocenters. The molecule has 2 fully saturated rings. The molecule has 0 N–H and O–H groups in total. The molecule has 2 saturated carbocycles. The second kappa shape index (κ2) is 20.1. The van der Waals surface area contributed by atoms with E-state index in [1.54, 1.807) is 24.3 Å². The SMILES string of the molecule is CCCCCCOc1ccc(C2CCC(C(=O)Oc3cccc(OC(=O)C4CCC(c5ccc(OCCCCCC)cc5)CC4)c3)CC2)cc1. The average molecular weight is 683 g/mol. The molecule has 3 aromatic rings. The quantitative estimate of drug-likeness (QED) is 0.0755. The molecule has 3 aromatic carbocycles. The molecular weight excluding hydrogens is 624 g/mol. The normalized spacial score (nSPS) is 20.5. The first-order valence-electron chi connectivity index (χ1n) is 19.5. The van der Waals surface area contributed by atoms with Crippen LogP contribution in [0.5, 0.6) is 23.0 Å². The molecule has 0 spiro atoms. The van der Waals surface area contributed by atoms with Gasteiger partial charge in [0.15, 0.2) is 0 Å². The Kier molecular flexibility index (Phi) is 15.1. The third-order valence-electron chi connectivity index (χ3n) is 10.6. The van der Waals surface area contributed by atoms with Crippen molar-refractivity contribution in [1.29, 1.82) is 0 Å². The molecule has 270 valence electrons. The minimum atomic E-state index is -0.205. The van der Waals surface area contributed by atoms with Crippen molar-refractivity contribution in [2.24, 2.45) is 11.8 Å². The van der Waals surface area contributed by atoms with Crippen molar-refractivity contribution in [3.8, 4) is 23.0 Å². The highest BCUT2D eigenvalue weighted by Gasteiger charge is 2.30. The van der Waals surface area contributed by atoms with E-state index < -0.39 is 0 Å². The van der Waals surface area contributed by atoms with Crippen LogP contribution in [0.15, 0.2) is 72.8 Å². The highest BCUT2D eigenvalue weighted by molar-refractivity contribution is 5.77. The maximum Gasteiger partial charge on any atom is 0.314 e. The topological polar surface area (TPSA) is 71.1 Å². The molecule has 0 bridgehead atoms. The van der Waals surface area contributed by atoms with Gasteiger partial charge < -0.3 is 18.9 Å². The lowest BCUT2D eigenvalue weighted by atomic mass is 9.79. The lowest BCUT2D eigenvalue weighted by Crippen LogP contribution is -2.25.